The molecule has 3 aromatic carbocycles. The van der Waals surface area contributed by atoms with Crippen molar-refractivity contribution in [2.24, 2.45) is 4.99 Å². The van der Waals surface area contributed by atoms with Crippen molar-refractivity contribution in [2.45, 2.75) is 6.61 Å². The fourth-order valence-electron chi connectivity index (χ4n) is 3.02. The van der Waals surface area contributed by atoms with Gasteiger partial charge in [0, 0.05) is 8.59 Å². The summed E-state index contributed by atoms with van der Waals surface area (Å²) in [5, 5.41) is 1.11. The number of rotatable bonds is 6. The predicted molar refractivity (Wildman–Crippen MR) is 134 cm³/mol. The molecule has 1 heterocycles. The molecule has 0 spiro atoms. The van der Waals surface area contributed by atoms with Gasteiger partial charge in [0.25, 0.3) is 0 Å². The highest BCUT2D eigenvalue weighted by molar-refractivity contribution is 14.1. The summed E-state index contributed by atoms with van der Waals surface area (Å²) < 4.78 is 17.6. The standard InChI is InChI=1S/C24H16Cl2INO4/c1-30-22-11-14(5-8-21(22)31-13-15-3-2-4-16(25)9-15)10-20-24(29)32-23(28-20)18-12-17(27)6-7-19(18)26/h2-12H,13H2,1H3/b20-10-. The van der Waals surface area contributed by atoms with E-state index >= 15 is 0 Å². The molecule has 0 unspecified atom stereocenters. The molecule has 162 valence electrons. The first-order valence-corrected chi connectivity index (χ1v) is 11.3. The highest BCUT2D eigenvalue weighted by Gasteiger charge is 2.26. The van der Waals surface area contributed by atoms with Gasteiger partial charge in [-0.3, -0.25) is 0 Å². The summed E-state index contributed by atoms with van der Waals surface area (Å²) in [4.78, 5) is 16.7. The third kappa shape index (κ3) is 5.26. The van der Waals surface area contributed by atoms with Crippen LogP contribution in [0.5, 0.6) is 11.5 Å². The van der Waals surface area contributed by atoms with Gasteiger partial charge in [-0.1, -0.05) is 41.4 Å². The number of esters is 1. The molecule has 0 aromatic heterocycles. The van der Waals surface area contributed by atoms with Crippen LogP contribution in [0.1, 0.15) is 16.7 Å². The van der Waals surface area contributed by atoms with Gasteiger partial charge in [-0.15, -0.1) is 0 Å². The van der Waals surface area contributed by atoms with Gasteiger partial charge in [-0.05, 0) is 82.3 Å². The average molecular weight is 580 g/mol. The first-order chi connectivity index (χ1) is 15.4. The van der Waals surface area contributed by atoms with Crippen molar-refractivity contribution in [3.05, 3.63) is 96.7 Å². The first-order valence-electron chi connectivity index (χ1n) is 9.46. The molecular formula is C24H16Cl2INO4. The Labute approximate surface area is 208 Å². The Morgan fingerprint density at radius 3 is 2.69 bits per heavy atom. The Hall–Kier alpha value is -2.55. The summed E-state index contributed by atoms with van der Waals surface area (Å²) in [6.45, 7) is 0.341. The van der Waals surface area contributed by atoms with Crippen LogP contribution in [0.15, 0.2) is 71.4 Å². The zero-order valence-corrected chi connectivity index (χ0v) is 20.4. The Morgan fingerprint density at radius 2 is 1.91 bits per heavy atom. The first kappa shape index (κ1) is 22.6. The zero-order chi connectivity index (χ0) is 22.7. The molecule has 4 rings (SSSR count). The third-order valence-electron chi connectivity index (χ3n) is 4.55. The van der Waals surface area contributed by atoms with Crippen molar-refractivity contribution in [3.8, 4) is 11.5 Å². The van der Waals surface area contributed by atoms with E-state index in [9.17, 15) is 4.79 Å². The van der Waals surface area contributed by atoms with Crippen LogP contribution in [0.2, 0.25) is 10.0 Å². The van der Waals surface area contributed by atoms with Gasteiger partial charge in [0.1, 0.15) is 6.61 Å². The maximum Gasteiger partial charge on any atom is 0.363 e. The number of ether oxygens (including phenoxy) is 3. The lowest BCUT2D eigenvalue weighted by Crippen LogP contribution is -2.06. The van der Waals surface area contributed by atoms with Crippen LogP contribution >= 0.6 is 45.8 Å². The predicted octanol–water partition coefficient (Wildman–Crippen LogP) is 6.53. The Kier molecular flexibility index (Phi) is 7.03. The Morgan fingerprint density at radius 1 is 1.06 bits per heavy atom. The molecule has 1 aliphatic heterocycles. The summed E-state index contributed by atoms with van der Waals surface area (Å²) in [6.07, 6.45) is 1.63. The number of methoxy groups -OCH3 is 1. The van der Waals surface area contributed by atoms with Crippen molar-refractivity contribution in [1.82, 2.24) is 0 Å². The maximum absolute atomic E-state index is 12.4. The van der Waals surface area contributed by atoms with Gasteiger partial charge in [0.05, 0.1) is 17.7 Å². The molecule has 0 N–H and O–H groups in total. The molecule has 1 aliphatic rings. The monoisotopic (exact) mass is 579 g/mol. The van der Waals surface area contributed by atoms with E-state index in [1.807, 2.05) is 42.5 Å². The molecule has 8 heteroatoms. The van der Waals surface area contributed by atoms with Gasteiger partial charge in [0.15, 0.2) is 17.2 Å². The van der Waals surface area contributed by atoms with Crippen LogP contribution in [0, 0.1) is 3.57 Å². The minimum atomic E-state index is -0.546. The summed E-state index contributed by atoms with van der Waals surface area (Å²) in [7, 11) is 1.55. The van der Waals surface area contributed by atoms with Gasteiger partial charge in [-0.25, -0.2) is 9.79 Å². The van der Waals surface area contributed by atoms with E-state index in [2.05, 4.69) is 27.6 Å². The smallest absolute Gasteiger partial charge is 0.363 e. The van der Waals surface area contributed by atoms with E-state index in [0.717, 1.165) is 9.13 Å². The van der Waals surface area contributed by atoms with Crippen molar-refractivity contribution in [3.63, 3.8) is 0 Å². The van der Waals surface area contributed by atoms with E-state index in [1.54, 1.807) is 31.4 Å². The van der Waals surface area contributed by atoms with E-state index in [1.165, 1.54) is 0 Å². The summed E-state index contributed by atoms with van der Waals surface area (Å²) >= 11 is 14.4. The number of aliphatic imine (C=N–C) groups is 1. The molecule has 0 radical (unpaired) electrons. The topological polar surface area (TPSA) is 57.1 Å². The van der Waals surface area contributed by atoms with E-state index < -0.39 is 5.97 Å². The van der Waals surface area contributed by atoms with Crippen molar-refractivity contribution < 1.29 is 19.0 Å². The lowest BCUT2D eigenvalue weighted by Gasteiger charge is -2.11. The van der Waals surface area contributed by atoms with E-state index in [0.29, 0.717) is 39.3 Å². The molecule has 0 saturated heterocycles. The van der Waals surface area contributed by atoms with Crippen molar-refractivity contribution in [1.29, 1.82) is 0 Å². The third-order valence-corrected chi connectivity index (χ3v) is 5.79. The van der Waals surface area contributed by atoms with Crippen molar-refractivity contribution >= 4 is 63.7 Å². The second-order valence-electron chi connectivity index (χ2n) is 6.79. The van der Waals surface area contributed by atoms with Gasteiger partial charge in [0.2, 0.25) is 5.90 Å². The summed E-state index contributed by atoms with van der Waals surface area (Å²) in [6, 6.07) is 18.2. The zero-order valence-electron chi connectivity index (χ0n) is 16.8. The van der Waals surface area contributed by atoms with Crippen LogP contribution in [-0.4, -0.2) is 19.0 Å². The lowest BCUT2D eigenvalue weighted by atomic mass is 10.1. The number of halogens is 3. The number of carbonyl (C=O) groups excluding carboxylic acids is 1. The van der Waals surface area contributed by atoms with Crippen LogP contribution in [0.25, 0.3) is 6.08 Å². The van der Waals surface area contributed by atoms with E-state index in [-0.39, 0.29) is 11.6 Å². The minimum absolute atomic E-state index is 0.171. The Balaban J connectivity index is 1.56. The van der Waals surface area contributed by atoms with Crippen LogP contribution in [0.4, 0.5) is 0 Å². The molecule has 0 amide bonds. The number of nitrogens with zero attached hydrogens (tertiary/aromatic N) is 1. The largest absolute Gasteiger partial charge is 0.493 e. The highest BCUT2D eigenvalue weighted by Crippen LogP contribution is 2.31. The Bertz CT molecular complexity index is 1260. The van der Waals surface area contributed by atoms with Gasteiger partial charge < -0.3 is 14.2 Å². The van der Waals surface area contributed by atoms with E-state index in [4.69, 9.17) is 37.4 Å². The quantitative estimate of drug-likeness (QED) is 0.189. The fraction of sp³-hybridized carbons (Fsp3) is 0.0833. The molecule has 3 aromatic rings. The molecule has 0 aliphatic carbocycles. The average Bonchev–Trinajstić information content (AvgIpc) is 3.14. The molecule has 0 bridgehead atoms. The molecule has 5 nitrogen and oxygen atoms in total. The summed E-state index contributed by atoms with van der Waals surface area (Å²) in [5.41, 5.74) is 2.39. The van der Waals surface area contributed by atoms with Crippen LogP contribution < -0.4 is 9.47 Å². The fourth-order valence-corrected chi connectivity index (χ4v) is 3.93. The normalized spacial score (nSPS) is 14.3. The SMILES string of the molecule is COc1cc(/C=C2\N=C(c3cc(I)ccc3Cl)OC2=O)ccc1OCc1cccc(Cl)c1. The second-order valence-corrected chi connectivity index (χ2v) is 8.88. The lowest BCUT2D eigenvalue weighted by molar-refractivity contribution is -0.129. The molecule has 0 fully saturated rings. The molecule has 0 saturated carbocycles. The van der Waals surface area contributed by atoms with Gasteiger partial charge >= 0.3 is 5.97 Å². The number of cyclic esters (lactones) is 1. The molecular weight excluding hydrogens is 564 g/mol. The van der Waals surface area contributed by atoms with Crippen LogP contribution in [0.3, 0.4) is 0 Å². The van der Waals surface area contributed by atoms with Crippen LogP contribution in [-0.2, 0) is 16.1 Å². The number of carbonyl (C=O) groups is 1. The number of benzene rings is 3. The number of hydrogen-bond acceptors (Lipinski definition) is 5. The van der Waals surface area contributed by atoms with Crippen molar-refractivity contribution in [2.75, 3.05) is 7.11 Å². The molecule has 0 atom stereocenters. The highest BCUT2D eigenvalue weighted by atomic mass is 127. The number of hydrogen-bond donors (Lipinski definition) is 0. The maximum atomic E-state index is 12.4. The van der Waals surface area contributed by atoms with Gasteiger partial charge in [-0.2, -0.15) is 0 Å². The minimum Gasteiger partial charge on any atom is -0.493 e. The summed E-state index contributed by atoms with van der Waals surface area (Å²) in [5.74, 6) is 0.726. The molecule has 32 heavy (non-hydrogen) atoms. The second kappa shape index (κ2) is 9.94.